The molecule has 1 aliphatic carbocycles. The molecule has 1 saturated heterocycles. The zero-order valence-electron chi connectivity index (χ0n) is 16.1. The lowest BCUT2D eigenvalue weighted by atomic mass is 9.90. The fraction of sp³-hybridized carbons (Fsp3) is 0.435. The van der Waals surface area contributed by atoms with Crippen molar-refractivity contribution in [2.24, 2.45) is 5.92 Å². The molecule has 1 saturated carbocycles. The Hall–Kier alpha value is -2.40. The maximum atomic E-state index is 14.1. The van der Waals surface area contributed by atoms with Crippen LogP contribution in [0.15, 0.2) is 48.5 Å². The first-order chi connectivity index (χ1) is 13.7. The van der Waals surface area contributed by atoms with Gasteiger partial charge in [-0.25, -0.2) is 4.39 Å². The number of halogens is 1. The molecule has 28 heavy (non-hydrogen) atoms. The van der Waals surface area contributed by atoms with Gasteiger partial charge in [-0.15, -0.1) is 0 Å². The Labute approximate surface area is 165 Å². The second-order valence-electron chi connectivity index (χ2n) is 7.64. The number of morpholine rings is 1. The first kappa shape index (κ1) is 18.9. The van der Waals surface area contributed by atoms with Crippen LogP contribution in [0.2, 0.25) is 0 Å². The SMILES string of the molecule is COc1ccc(C(CC(=O)N2CCOC(c3ccccc3F)C2)C2CC2)cc1. The molecule has 2 aromatic carbocycles. The molecule has 4 nitrogen and oxygen atoms in total. The van der Waals surface area contributed by atoms with Gasteiger partial charge in [0.2, 0.25) is 5.91 Å². The van der Waals surface area contributed by atoms with Gasteiger partial charge in [0.15, 0.2) is 0 Å². The summed E-state index contributed by atoms with van der Waals surface area (Å²) >= 11 is 0. The minimum atomic E-state index is -0.403. The van der Waals surface area contributed by atoms with E-state index in [1.807, 2.05) is 17.0 Å². The lowest BCUT2D eigenvalue weighted by Crippen LogP contribution is -2.43. The van der Waals surface area contributed by atoms with Crippen LogP contribution in [0, 0.1) is 11.7 Å². The van der Waals surface area contributed by atoms with E-state index in [-0.39, 0.29) is 17.6 Å². The molecule has 148 valence electrons. The summed E-state index contributed by atoms with van der Waals surface area (Å²) in [6, 6.07) is 14.7. The van der Waals surface area contributed by atoms with Gasteiger partial charge in [-0.1, -0.05) is 30.3 Å². The van der Waals surface area contributed by atoms with Crippen molar-refractivity contribution in [2.45, 2.75) is 31.3 Å². The van der Waals surface area contributed by atoms with Crippen molar-refractivity contribution < 1.29 is 18.7 Å². The highest BCUT2D eigenvalue weighted by Gasteiger charge is 2.36. The topological polar surface area (TPSA) is 38.8 Å². The van der Waals surface area contributed by atoms with Crippen molar-refractivity contribution in [3.8, 4) is 5.75 Å². The van der Waals surface area contributed by atoms with Gasteiger partial charge in [-0.05, 0) is 48.4 Å². The number of carbonyl (C=O) groups is 1. The molecule has 0 radical (unpaired) electrons. The van der Waals surface area contributed by atoms with Gasteiger partial charge < -0.3 is 14.4 Å². The average molecular weight is 383 g/mol. The van der Waals surface area contributed by atoms with Gasteiger partial charge in [0, 0.05) is 18.5 Å². The second kappa shape index (κ2) is 8.31. The smallest absolute Gasteiger partial charge is 0.223 e. The maximum Gasteiger partial charge on any atom is 0.223 e. The summed E-state index contributed by atoms with van der Waals surface area (Å²) in [5.41, 5.74) is 1.71. The lowest BCUT2D eigenvalue weighted by molar-refractivity contribution is -0.139. The van der Waals surface area contributed by atoms with Crippen LogP contribution >= 0.6 is 0 Å². The van der Waals surface area contributed by atoms with Crippen LogP contribution in [0.25, 0.3) is 0 Å². The van der Waals surface area contributed by atoms with Crippen molar-refractivity contribution in [2.75, 3.05) is 26.8 Å². The van der Waals surface area contributed by atoms with Crippen LogP contribution in [0.3, 0.4) is 0 Å². The summed E-state index contributed by atoms with van der Waals surface area (Å²) in [6.45, 7) is 1.39. The van der Waals surface area contributed by atoms with Crippen molar-refractivity contribution in [3.05, 3.63) is 65.5 Å². The molecule has 2 unspecified atom stereocenters. The van der Waals surface area contributed by atoms with Gasteiger partial charge in [-0.2, -0.15) is 0 Å². The summed E-state index contributed by atoms with van der Waals surface area (Å²) in [5.74, 6) is 1.47. The normalized spacial score (nSPS) is 20.6. The molecular weight excluding hydrogens is 357 g/mol. The van der Waals surface area contributed by atoms with E-state index in [1.54, 1.807) is 25.3 Å². The Morgan fingerprint density at radius 1 is 1.21 bits per heavy atom. The molecule has 4 rings (SSSR count). The maximum absolute atomic E-state index is 14.1. The molecule has 1 aliphatic heterocycles. The Morgan fingerprint density at radius 3 is 2.64 bits per heavy atom. The summed E-state index contributed by atoms with van der Waals surface area (Å²) in [6.07, 6.45) is 2.43. The molecule has 0 spiro atoms. The number of nitrogens with zero attached hydrogens (tertiary/aromatic N) is 1. The second-order valence-corrected chi connectivity index (χ2v) is 7.64. The van der Waals surface area contributed by atoms with E-state index in [0.29, 0.717) is 37.6 Å². The third kappa shape index (κ3) is 4.20. The Kier molecular flexibility index (Phi) is 5.62. The van der Waals surface area contributed by atoms with Crippen LogP contribution in [0.4, 0.5) is 4.39 Å². The predicted molar refractivity (Wildman–Crippen MR) is 105 cm³/mol. The molecule has 0 bridgehead atoms. The summed E-state index contributed by atoms with van der Waals surface area (Å²) in [4.78, 5) is 14.9. The van der Waals surface area contributed by atoms with Gasteiger partial charge in [-0.3, -0.25) is 4.79 Å². The predicted octanol–water partition coefficient (Wildman–Crippen LogP) is 4.32. The van der Waals surface area contributed by atoms with E-state index in [9.17, 15) is 9.18 Å². The van der Waals surface area contributed by atoms with E-state index in [0.717, 1.165) is 5.75 Å². The molecule has 2 aromatic rings. The number of rotatable bonds is 6. The van der Waals surface area contributed by atoms with E-state index in [1.165, 1.54) is 24.5 Å². The number of hydrogen-bond acceptors (Lipinski definition) is 3. The summed E-state index contributed by atoms with van der Waals surface area (Å²) in [5, 5.41) is 0. The number of amides is 1. The molecule has 0 N–H and O–H groups in total. The van der Waals surface area contributed by atoms with Crippen molar-refractivity contribution in [3.63, 3.8) is 0 Å². The minimum Gasteiger partial charge on any atom is -0.497 e. The molecule has 5 heteroatoms. The largest absolute Gasteiger partial charge is 0.497 e. The molecular formula is C23H26FNO3. The van der Waals surface area contributed by atoms with Gasteiger partial charge in [0.25, 0.3) is 0 Å². The first-order valence-corrected chi connectivity index (χ1v) is 9.93. The molecule has 0 aromatic heterocycles. The molecule has 2 atom stereocenters. The van der Waals surface area contributed by atoms with Crippen molar-refractivity contribution in [1.82, 2.24) is 4.90 Å². The van der Waals surface area contributed by atoms with E-state index in [4.69, 9.17) is 9.47 Å². The van der Waals surface area contributed by atoms with E-state index < -0.39 is 6.10 Å². The number of ether oxygens (including phenoxy) is 2. The molecule has 2 fully saturated rings. The summed E-state index contributed by atoms with van der Waals surface area (Å²) in [7, 11) is 1.65. The standard InChI is InChI=1S/C23H26FNO3/c1-27-18-10-8-17(9-11-18)20(16-6-7-16)14-23(26)25-12-13-28-22(15-25)19-4-2-3-5-21(19)24/h2-5,8-11,16,20,22H,6-7,12-15H2,1H3. The quantitative estimate of drug-likeness (QED) is 0.746. The van der Waals surface area contributed by atoms with Gasteiger partial charge in [0.1, 0.15) is 17.7 Å². The molecule has 2 aliphatic rings. The third-order valence-corrected chi connectivity index (χ3v) is 5.80. The number of hydrogen-bond donors (Lipinski definition) is 0. The zero-order valence-corrected chi connectivity index (χ0v) is 16.1. The van der Waals surface area contributed by atoms with Gasteiger partial charge in [0.05, 0.1) is 20.3 Å². The van der Waals surface area contributed by atoms with Gasteiger partial charge >= 0.3 is 0 Å². The third-order valence-electron chi connectivity index (χ3n) is 5.80. The highest BCUT2D eigenvalue weighted by atomic mass is 19.1. The Bertz CT molecular complexity index is 819. The van der Waals surface area contributed by atoms with E-state index in [2.05, 4.69) is 12.1 Å². The van der Waals surface area contributed by atoms with Crippen molar-refractivity contribution >= 4 is 5.91 Å². The fourth-order valence-corrected chi connectivity index (χ4v) is 4.02. The minimum absolute atomic E-state index is 0.123. The molecule has 1 heterocycles. The monoisotopic (exact) mass is 383 g/mol. The highest BCUT2D eigenvalue weighted by molar-refractivity contribution is 5.77. The Morgan fingerprint density at radius 2 is 1.96 bits per heavy atom. The number of carbonyl (C=O) groups excluding carboxylic acids is 1. The van der Waals surface area contributed by atoms with Crippen LogP contribution in [-0.2, 0) is 9.53 Å². The van der Waals surface area contributed by atoms with Crippen molar-refractivity contribution in [1.29, 1.82) is 0 Å². The Balaban J connectivity index is 1.44. The fourth-order valence-electron chi connectivity index (χ4n) is 4.02. The van der Waals surface area contributed by atoms with Crippen LogP contribution in [0.5, 0.6) is 5.75 Å². The number of benzene rings is 2. The van der Waals surface area contributed by atoms with Crippen LogP contribution < -0.4 is 4.74 Å². The van der Waals surface area contributed by atoms with E-state index >= 15 is 0 Å². The first-order valence-electron chi connectivity index (χ1n) is 9.93. The highest BCUT2D eigenvalue weighted by Crippen LogP contribution is 2.45. The van der Waals surface area contributed by atoms with Crippen LogP contribution in [0.1, 0.15) is 42.4 Å². The number of methoxy groups -OCH3 is 1. The lowest BCUT2D eigenvalue weighted by Gasteiger charge is -2.34. The van der Waals surface area contributed by atoms with Crippen LogP contribution in [-0.4, -0.2) is 37.6 Å². The average Bonchev–Trinajstić information content (AvgIpc) is 3.57. The summed E-state index contributed by atoms with van der Waals surface area (Å²) < 4.78 is 25.1. The molecule has 1 amide bonds. The zero-order chi connectivity index (χ0) is 19.5.